The van der Waals surface area contributed by atoms with E-state index in [4.69, 9.17) is 7.85 Å². The molecule has 0 heterocycles. The molecule has 0 spiro atoms. The maximum Gasteiger partial charge on any atom is 0.416 e. The van der Waals surface area contributed by atoms with Gasteiger partial charge in [0, 0.05) is 0 Å². The Labute approximate surface area is 120 Å². The molecule has 114 valence electrons. The molecular weight excluding hydrogens is 293 g/mol. The average molecular weight is 306 g/mol. The molecule has 21 heavy (non-hydrogen) atoms. The first-order valence-electron chi connectivity index (χ1n) is 6.16. The van der Waals surface area contributed by atoms with Crippen molar-refractivity contribution < 1.29 is 26.3 Å². The predicted molar refractivity (Wildman–Crippen MR) is 69.0 cm³/mol. The second-order valence-corrected chi connectivity index (χ2v) is 4.79. The van der Waals surface area contributed by atoms with E-state index < -0.39 is 28.8 Å². The molecule has 0 aliphatic rings. The molecule has 0 amide bonds. The minimum Gasteiger partial charge on any atom is -0.166 e. The van der Waals surface area contributed by atoms with Crippen molar-refractivity contribution >= 4 is 7.85 Å². The Morgan fingerprint density at radius 1 is 0.952 bits per heavy atom. The molecule has 0 N–H and O–H groups in total. The van der Waals surface area contributed by atoms with Gasteiger partial charge in [0.25, 0.3) is 0 Å². The van der Waals surface area contributed by atoms with Crippen LogP contribution in [0.15, 0.2) is 30.9 Å². The lowest BCUT2D eigenvalue weighted by Gasteiger charge is -2.28. The highest BCUT2D eigenvalue weighted by atomic mass is 19.4. The van der Waals surface area contributed by atoms with Crippen LogP contribution in [0.5, 0.6) is 0 Å². The molecule has 0 aliphatic heterocycles. The van der Waals surface area contributed by atoms with E-state index in [1.807, 2.05) is 0 Å². The monoisotopic (exact) mass is 306 g/mol. The van der Waals surface area contributed by atoms with Crippen LogP contribution in [-0.4, -0.2) is 7.85 Å². The molecule has 0 bridgehead atoms. The highest BCUT2D eigenvalue weighted by Crippen LogP contribution is 2.39. The Morgan fingerprint density at radius 2 is 1.33 bits per heavy atom. The molecule has 0 nitrogen and oxygen atoms in total. The molecule has 0 saturated carbocycles. The Morgan fingerprint density at radius 3 is 1.62 bits per heavy atom. The van der Waals surface area contributed by atoms with Crippen molar-refractivity contribution in [2.24, 2.45) is 0 Å². The van der Waals surface area contributed by atoms with Crippen LogP contribution in [0.1, 0.15) is 36.5 Å². The SMILES string of the molecule is [B]C(C=C)(CCC)c1cc(C(F)(F)F)cc(C(F)(F)F)c1. The first-order valence-corrected chi connectivity index (χ1v) is 6.16. The number of benzene rings is 1. The fourth-order valence-electron chi connectivity index (χ4n) is 2.00. The second-order valence-electron chi connectivity index (χ2n) is 4.79. The lowest BCUT2D eigenvalue weighted by molar-refractivity contribution is -0.143. The quantitative estimate of drug-likeness (QED) is 0.414. The normalized spacial score (nSPS) is 15.6. The van der Waals surface area contributed by atoms with E-state index in [2.05, 4.69) is 6.58 Å². The van der Waals surface area contributed by atoms with E-state index in [1.54, 1.807) is 6.92 Å². The molecule has 2 radical (unpaired) electrons. The summed E-state index contributed by atoms with van der Waals surface area (Å²) < 4.78 is 76.7. The average Bonchev–Trinajstić information content (AvgIpc) is 2.36. The molecule has 0 fully saturated rings. The van der Waals surface area contributed by atoms with E-state index >= 15 is 0 Å². The summed E-state index contributed by atoms with van der Waals surface area (Å²) in [6.45, 7) is 5.15. The molecule has 1 aromatic carbocycles. The van der Waals surface area contributed by atoms with Gasteiger partial charge in [-0.2, -0.15) is 26.3 Å². The molecule has 0 aromatic heterocycles. The van der Waals surface area contributed by atoms with Gasteiger partial charge in [-0.3, -0.25) is 0 Å². The van der Waals surface area contributed by atoms with Crippen molar-refractivity contribution in [3.05, 3.63) is 47.5 Å². The Balaban J connectivity index is 3.55. The van der Waals surface area contributed by atoms with E-state index in [0.717, 1.165) is 0 Å². The maximum absolute atomic E-state index is 12.8. The van der Waals surface area contributed by atoms with Crippen LogP contribution in [0.3, 0.4) is 0 Å². The van der Waals surface area contributed by atoms with Crippen LogP contribution in [0.2, 0.25) is 0 Å². The predicted octanol–water partition coefficient (Wildman–Crippen LogP) is 5.07. The van der Waals surface area contributed by atoms with Gasteiger partial charge >= 0.3 is 12.4 Å². The van der Waals surface area contributed by atoms with Gasteiger partial charge in [0.1, 0.15) is 0 Å². The topological polar surface area (TPSA) is 0 Å². The van der Waals surface area contributed by atoms with Gasteiger partial charge in [0.15, 0.2) is 0 Å². The summed E-state index contributed by atoms with van der Waals surface area (Å²) in [6.07, 6.45) is -7.92. The zero-order valence-electron chi connectivity index (χ0n) is 11.3. The van der Waals surface area contributed by atoms with Crippen molar-refractivity contribution in [1.82, 2.24) is 0 Å². The van der Waals surface area contributed by atoms with Crippen LogP contribution in [0.25, 0.3) is 0 Å². The molecule has 7 heteroatoms. The second kappa shape index (κ2) is 5.77. The minimum absolute atomic E-state index is 0.0823. The van der Waals surface area contributed by atoms with Crippen LogP contribution in [-0.2, 0) is 17.7 Å². The Kier molecular flexibility index (Phi) is 4.85. The van der Waals surface area contributed by atoms with E-state index in [1.165, 1.54) is 6.08 Å². The molecule has 1 rings (SSSR count). The first-order chi connectivity index (χ1) is 9.44. The summed E-state index contributed by atoms with van der Waals surface area (Å²) in [5.41, 5.74) is -3.00. The summed E-state index contributed by atoms with van der Waals surface area (Å²) in [6, 6.07) is 1.37. The van der Waals surface area contributed by atoms with Gasteiger partial charge in [0.2, 0.25) is 0 Å². The summed E-state index contributed by atoms with van der Waals surface area (Å²) in [7, 11) is 5.90. The molecule has 0 aliphatic carbocycles. The Hall–Kier alpha value is -1.40. The van der Waals surface area contributed by atoms with Crippen molar-refractivity contribution in [2.75, 3.05) is 0 Å². The third-order valence-corrected chi connectivity index (χ3v) is 3.15. The molecule has 1 unspecified atom stereocenters. The lowest BCUT2D eigenvalue weighted by Crippen LogP contribution is -2.25. The summed E-state index contributed by atoms with van der Waals surface area (Å²) >= 11 is 0. The number of hydrogen-bond donors (Lipinski definition) is 0. The first kappa shape index (κ1) is 17.7. The fraction of sp³-hybridized carbons (Fsp3) is 0.429. The van der Waals surface area contributed by atoms with Crippen LogP contribution in [0.4, 0.5) is 26.3 Å². The molecular formula is C14H13BF6. The number of rotatable bonds is 4. The fourth-order valence-corrected chi connectivity index (χ4v) is 2.00. The van der Waals surface area contributed by atoms with Crippen molar-refractivity contribution in [1.29, 1.82) is 0 Å². The number of halogens is 6. The van der Waals surface area contributed by atoms with Gasteiger partial charge in [0.05, 0.1) is 19.0 Å². The van der Waals surface area contributed by atoms with E-state index in [-0.39, 0.29) is 18.1 Å². The summed E-state index contributed by atoms with van der Waals surface area (Å²) in [4.78, 5) is 0. The van der Waals surface area contributed by atoms with Crippen molar-refractivity contribution in [3.8, 4) is 0 Å². The van der Waals surface area contributed by atoms with Crippen LogP contribution >= 0.6 is 0 Å². The van der Waals surface area contributed by atoms with Gasteiger partial charge < -0.3 is 0 Å². The summed E-state index contributed by atoms with van der Waals surface area (Å²) in [5.74, 6) is 0. The highest BCUT2D eigenvalue weighted by Gasteiger charge is 2.38. The van der Waals surface area contributed by atoms with Crippen molar-refractivity contribution in [2.45, 2.75) is 37.4 Å². The van der Waals surface area contributed by atoms with Gasteiger partial charge in [-0.15, -0.1) is 6.58 Å². The molecule has 0 saturated heterocycles. The molecule has 1 atom stereocenters. The lowest BCUT2D eigenvalue weighted by atomic mass is 9.61. The number of hydrogen-bond acceptors (Lipinski definition) is 0. The largest absolute Gasteiger partial charge is 0.416 e. The summed E-state index contributed by atoms with van der Waals surface area (Å²) in [5, 5.41) is -1.43. The van der Waals surface area contributed by atoms with E-state index in [0.29, 0.717) is 18.6 Å². The van der Waals surface area contributed by atoms with Crippen molar-refractivity contribution in [3.63, 3.8) is 0 Å². The minimum atomic E-state index is -4.88. The number of allylic oxidation sites excluding steroid dienone is 1. The van der Waals surface area contributed by atoms with Crippen LogP contribution in [0, 0.1) is 0 Å². The standard InChI is InChI=1S/C14H13BF6/c1-3-5-12(15,4-2)9-6-10(13(16,17)18)8-11(7-9)14(19,20)21/h4,6-8H,2-3,5H2,1H3. The maximum atomic E-state index is 12.8. The highest BCUT2D eigenvalue weighted by molar-refractivity contribution is 6.17. The van der Waals surface area contributed by atoms with Gasteiger partial charge in [-0.25, -0.2) is 0 Å². The van der Waals surface area contributed by atoms with Gasteiger partial charge in [-0.05, 0) is 35.5 Å². The molecule has 1 aromatic rings. The third-order valence-electron chi connectivity index (χ3n) is 3.15. The zero-order chi connectivity index (χ0) is 16.5. The van der Waals surface area contributed by atoms with Crippen LogP contribution < -0.4 is 0 Å². The number of alkyl halides is 6. The smallest absolute Gasteiger partial charge is 0.166 e. The Bertz CT molecular complexity index is 485. The van der Waals surface area contributed by atoms with Gasteiger partial charge in [-0.1, -0.05) is 19.4 Å². The van der Waals surface area contributed by atoms with E-state index in [9.17, 15) is 26.3 Å². The third kappa shape index (κ3) is 4.05. The zero-order valence-corrected chi connectivity index (χ0v) is 11.3.